The Bertz CT molecular complexity index is 366. The van der Waals surface area contributed by atoms with E-state index in [0.717, 1.165) is 5.56 Å². The first-order valence-corrected chi connectivity index (χ1v) is 5.76. The van der Waals surface area contributed by atoms with Crippen molar-refractivity contribution in [1.29, 1.82) is 0 Å². The molecule has 3 unspecified atom stereocenters. The average Bonchev–Trinajstić information content (AvgIpc) is 2.28. The van der Waals surface area contributed by atoms with Crippen LogP contribution < -0.4 is 10.5 Å². The zero-order valence-electron chi connectivity index (χ0n) is 10.6. The molecule has 0 saturated carbocycles. The van der Waals surface area contributed by atoms with E-state index in [1.54, 1.807) is 13.0 Å². The molecule has 0 amide bonds. The maximum absolute atomic E-state index is 9.97. The number of nitrogens with two attached hydrogens (primary N) is 1. The van der Waals surface area contributed by atoms with E-state index in [0.29, 0.717) is 12.2 Å². The SMILES string of the molecule is COc1cccc(C(C)CC(O)C(C)N)c1O. The van der Waals surface area contributed by atoms with Crippen LogP contribution >= 0.6 is 0 Å². The van der Waals surface area contributed by atoms with Gasteiger partial charge in [-0.15, -0.1) is 0 Å². The van der Waals surface area contributed by atoms with Gasteiger partial charge in [-0.2, -0.15) is 0 Å². The number of aromatic hydroxyl groups is 1. The monoisotopic (exact) mass is 239 g/mol. The van der Waals surface area contributed by atoms with E-state index in [4.69, 9.17) is 10.5 Å². The number of methoxy groups -OCH3 is 1. The van der Waals surface area contributed by atoms with Crippen molar-refractivity contribution >= 4 is 0 Å². The highest BCUT2D eigenvalue weighted by molar-refractivity contribution is 5.46. The number of aliphatic hydroxyl groups excluding tert-OH is 1. The molecule has 17 heavy (non-hydrogen) atoms. The molecule has 0 aliphatic rings. The highest BCUT2D eigenvalue weighted by Crippen LogP contribution is 2.36. The highest BCUT2D eigenvalue weighted by atomic mass is 16.5. The molecule has 4 nitrogen and oxygen atoms in total. The second kappa shape index (κ2) is 5.89. The first-order valence-electron chi connectivity index (χ1n) is 5.76. The van der Waals surface area contributed by atoms with E-state index in [9.17, 15) is 10.2 Å². The molecule has 0 aromatic heterocycles. The molecule has 0 radical (unpaired) electrons. The summed E-state index contributed by atoms with van der Waals surface area (Å²) in [5, 5.41) is 19.7. The van der Waals surface area contributed by atoms with Crippen molar-refractivity contribution in [3.63, 3.8) is 0 Å². The quantitative estimate of drug-likeness (QED) is 0.729. The van der Waals surface area contributed by atoms with Gasteiger partial charge in [0, 0.05) is 11.6 Å². The summed E-state index contributed by atoms with van der Waals surface area (Å²) in [6.45, 7) is 3.71. The fourth-order valence-corrected chi connectivity index (χ4v) is 1.81. The number of para-hydroxylation sites is 1. The average molecular weight is 239 g/mol. The maximum atomic E-state index is 9.97. The van der Waals surface area contributed by atoms with Gasteiger partial charge in [0.1, 0.15) is 0 Å². The van der Waals surface area contributed by atoms with Crippen molar-refractivity contribution < 1.29 is 14.9 Å². The third kappa shape index (κ3) is 3.35. The summed E-state index contributed by atoms with van der Waals surface area (Å²) in [5.41, 5.74) is 6.39. The zero-order chi connectivity index (χ0) is 13.0. The minimum atomic E-state index is -0.574. The second-order valence-corrected chi connectivity index (χ2v) is 4.46. The van der Waals surface area contributed by atoms with Crippen molar-refractivity contribution in [2.45, 2.75) is 38.3 Å². The van der Waals surface area contributed by atoms with Crippen molar-refractivity contribution in [2.75, 3.05) is 7.11 Å². The van der Waals surface area contributed by atoms with Gasteiger partial charge in [0.15, 0.2) is 11.5 Å². The highest BCUT2D eigenvalue weighted by Gasteiger charge is 2.19. The first kappa shape index (κ1) is 13.8. The molecule has 0 fully saturated rings. The number of aliphatic hydroxyl groups is 1. The van der Waals surface area contributed by atoms with E-state index < -0.39 is 6.10 Å². The van der Waals surface area contributed by atoms with Gasteiger partial charge in [0.2, 0.25) is 0 Å². The molecule has 4 N–H and O–H groups in total. The van der Waals surface area contributed by atoms with Crippen LogP contribution in [-0.2, 0) is 0 Å². The van der Waals surface area contributed by atoms with E-state index in [1.807, 2.05) is 19.1 Å². The molecule has 0 aliphatic heterocycles. The Hall–Kier alpha value is -1.26. The summed E-state index contributed by atoms with van der Waals surface area (Å²) in [4.78, 5) is 0. The summed E-state index contributed by atoms with van der Waals surface area (Å²) in [5.74, 6) is 0.607. The lowest BCUT2D eigenvalue weighted by Crippen LogP contribution is -2.32. The van der Waals surface area contributed by atoms with Crippen LogP contribution in [0.3, 0.4) is 0 Å². The van der Waals surface area contributed by atoms with Crippen molar-refractivity contribution in [1.82, 2.24) is 0 Å². The standard InChI is InChI=1S/C13H21NO3/c1-8(7-11(15)9(2)14)10-5-4-6-12(17-3)13(10)16/h4-6,8-9,11,15-16H,7,14H2,1-3H3. The second-order valence-electron chi connectivity index (χ2n) is 4.46. The van der Waals surface area contributed by atoms with Gasteiger partial charge in [-0.05, 0) is 25.3 Å². The van der Waals surface area contributed by atoms with Gasteiger partial charge < -0.3 is 20.7 Å². The maximum Gasteiger partial charge on any atom is 0.161 e. The van der Waals surface area contributed by atoms with Crippen LogP contribution in [0.4, 0.5) is 0 Å². The van der Waals surface area contributed by atoms with Crippen LogP contribution in [0.25, 0.3) is 0 Å². The molecule has 1 aromatic rings. The molecule has 0 heterocycles. The van der Waals surface area contributed by atoms with Crippen LogP contribution in [0.5, 0.6) is 11.5 Å². The van der Waals surface area contributed by atoms with Gasteiger partial charge in [-0.25, -0.2) is 0 Å². The van der Waals surface area contributed by atoms with Gasteiger partial charge >= 0.3 is 0 Å². The predicted molar refractivity (Wildman–Crippen MR) is 67.3 cm³/mol. The fourth-order valence-electron chi connectivity index (χ4n) is 1.81. The Morgan fingerprint density at radius 2 is 2.00 bits per heavy atom. The Labute approximate surface area is 102 Å². The van der Waals surface area contributed by atoms with Crippen LogP contribution in [0.15, 0.2) is 18.2 Å². The van der Waals surface area contributed by atoms with Crippen LogP contribution in [-0.4, -0.2) is 29.5 Å². The Kier molecular flexibility index (Phi) is 4.78. The molecule has 4 heteroatoms. The molecule has 0 bridgehead atoms. The molecule has 1 aromatic carbocycles. The minimum absolute atomic E-state index is 0.0195. The van der Waals surface area contributed by atoms with E-state index in [2.05, 4.69) is 0 Å². The van der Waals surface area contributed by atoms with Gasteiger partial charge in [-0.1, -0.05) is 19.1 Å². The number of rotatable bonds is 5. The lowest BCUT2D eigenvalue weighted by Gasteiger charge is -2.20. The van der Waals surface area contributed by atoms with Gasteiger partial charge in [-0.3, -0.25) is 0 Å². The summed E-state index contributed by atoms with van der Waals surface area (Å²) < 4.78 is 5.05. The van der Waals surface area contributed by atoms with E-state index in [-0.39, 0.29) is 17.7 Å². The number of hydrogen-bond donors (Lipinski definition) is 3. The molecule has 96 valence electrons. The normalized spacial score (nSPS) is 16.3. The topological polar surface area (TPSA) is 75.7 Å². The van der Waals surface area contributed by atoms with Crippen molar-refractivity contribution in [3.8, 4) is 11.5 Å². The number of phenols is 1. The summed E-state index contributed by atoms with van der Waals surface area (Å²) in [7, 11) is 1.51. The first-order chi connectivity index (χ1) is 7.97. The van der Waals surface area contributed by atoms with Crippen molar-refractivity contribution in [3.05, 3.63) is 23.8 Å². The molecule has 0 aliphatic carbocycles. The molecule has 0 saturated heterocycles. The van der Waals surface area contributed by atoms with Crippen LogP contribution in [0.1, 0.15) is 31.7 Å². The smallest absolute Gasteiger partial charge is 0.161 e. The molecule has 3 atom stereocenters. The third-order valence-corrected chi connectivity index (χ3v) is 2.98. The zero-order valence-corrected chi connectivity index (χ0v) is 10.6. The third-order valence-electron chi connectivity index (χ3n) is 2.98. The Morgan fingerprint density at radius 1 is 1.35 bits per heavy atom. The van der Waals surface area contributed by atoms with Crippen LogP contribution in [0, 0.1) is 0 Å². The largest absolute Gasteiger partial charge is 0.504 e. The predicted octanol–water partition coefficient (Wildman–Crippen LogP) is 1.60. The van der Waals surface area contributed by atoms with Crippen LogP contribution in [0.2, 0.25) is 0 Å². The van der Waals surface area contributed by atoms with Gasteiger partial charge in [0.25, 0.3) is 0 Å². The molecule has 1 rings (SSSR count). The lowest BCUT2D eigenvalue weighted by atomic mass is 9.92. The van der Waals surface area contributed by atoms with Gasteiger partial charge in [0.05, 0.1) is 13.2 Å². The number of hydrogen-bond acceptors (Lipinski definition) is 4. The number of benzene rings is 1. The fraction of sp³-hybridized carbons (Fsp3) is 0.538. The van der Waals surface area contributed by atoms with E-state index >= 15 is 0 Å². The lowest BCUT2D eigenvalue weighted by molar-refractivity contribution is 0.134. The molecular weight excluding hydrogens is 218 g/mol. The molecule has 0 spiro atoms. The molecular formula is C13H21NO3. The Morgan fingerprint density at radius 3 is 2.53 bits per heavy atom. The summed E-state index contributed by atoms with van der Waals surface area (Å²) >= 11 is 0. The summed E-state index contributed by atoms with van der Waals surface area (Å²) in [6.07, 6.45) is -0.0612. The summed E-state index contributed by atoms with van der Waals surface area (Å²) in [6, 6.07) is 5.08. The minimum Gasteiger partial charge on any atom is -0.504 e. The number of ether oxygens (including phenoxy) is 1. The number of phenolic OH excluding ortho intramolecular Hbond substituents is 1. The Balaban J connectivity index is 2.85. The van der Waals surface area contributed by atoms with Crippen molar-refractivity contribution in [2.24, 2.45) is 5.73 Å². The van der Waals surface area contributed by atoms with E-state index in [1.165, 1.54) is 7.11 Å².